The van der Waals surface area contributed by atoms with Crippen LogP contribution in [0.1, 0.15) is 45.3 Å². The molecule has 96 valence electrons. The van der Waals surface area contributed by atoms with Crippen LogP contribution in [0.25, 0.3) is 0 Å². The van der Waals surface area contributed by atoms with E-state index in [1.807, 2.05) is 20.8 Å². The monoisotopic (exact) mass is 306 g/mol. The lowest BCUT2D eigenvalue weighted by atomic mass is 9.88. The van der Waals surface area contributed by atoms with Crippen molar-refractivity contribution in [1.29, 1.82) is 0 Å². The van der Waals surface area contributed by atoms with E-state index in [9.17, 15) is 13.9 Å². The molecule has 1 unspecified atom stereocenters. The van der Waals surface area contributed by atoms with Gasteiger partial charge in [0.1, 0.15) is 11.6 Å². The molecule has 1 aromatic rings. The highest BCUT2D eigenvalue weighted by Crippen LogP contribution is 2.31. The molecule has 0 aliphatic carbocycles. The Hall–Kier alpha value is -0.480. The summed E-state index contributed by atoms with van der Waals surface area (Å²) in [6, 6.07) is 2.33. The van der Waals surface area contributed by atoms with E-state index >= 15 is 0 Å². The van der Waals surface area contributed by atoms with Crippen LogP contribution in [0.3, 0.4) is 0 Å². The molecule has 1 aromatic carbocycles. The number of aliphatic hydroxyl groups is 1. The molecule has 1 rings (SSSR count). The zero-order valence-corrected chi connectivity index (χ0v) is 11.8. The first-order valence-corrected chi connectivity index (χ1v) is 6.32. The minimum atomic E-state index is -1.10. The highest BCUT2D eigenvalue weighted by molar-refractivity contribution is 9.10. The summed E-state index contributed by atoms with van der Waals surface area (Å²) < 4.78 is 27.4. The summed E-state index contributed by atoms with van der Waals surface area (Å²) in [4.78, 5) is 0. The van der Waals surface area contributed by atoms with Crippen molar-refractivity contribution < 1.29 is 13.9 Å². The standard InChI is InChI=1S/C13H17BrF2O/c1-13(2,3)5-4-11(17)12-9(15)6-8(14)7-10(12)16/h6-7,11,17H,4-5H2,1-3H3. The van der Waals surface area contributed by atoms with Crippen molar-refractivity contribution in [3.8, 4) is 0 Å². The van der Waals surface area contributed by atoms with Crippen molar-refractivity contribution in [1.82, 2.24) is 0 Å². The van der Waals surface area contributed by atoms with E-state index in [0.717, 1.165) is 0 Å². The normalized spacial score (nSPS) is 13.8. The van der Waals surface area contributed by atoms with Gasteiger partial charge >= 0.3 is 0 Å². The molecule has 0 spiro atoms. The Balaban J connectivity index is 2.86. The maximum atomic E-state index is 13.6. The Bertz CT molecular complexity index is 376. The van der Waals surface area contributed by atoms with Gasteiger partial charge in [0.2, 0.25) is 0 Å². The first-order chi connectivity index (χ1) is 7.70. The Morgan fingerprint density at radius 1 is 1.24 bits per heavy atom. The largest absolute Gasteiger partial charge is 0.388 e. The van der Waals surface area contributed by atoms with Crippen LogP contribution >= 0.6 is 15.9 Å². The quantitative estimate of drug-likeness (QED) is 0.866. The van der Waals surface area contributed by atoms with Crippen LogP contribution in [0.2, 0.25) is 0 Å². The number of benzene rings is 1. The lowest BCUT2D eigenvalue weighted by Gasteiger charge is -2.21. The second-order valence-corrected chi connectivity index (χ2v) is 6.31. The number of halogens is 3. The molecule has 1 atom stereocenters. The zero-order chi connectivity index (χ0) is 13.2. The fourth-order valence-electron chi connectivity index (χ4n) is 1.59. The second kappa shape index (κ2) is 5.44. The van der Waals surface area contributed by atoms with Crippen LogP contribution in [-0.4, -0.2) is 5.11 Å². The van der Waals surface area contributed by atoms with E-state index in [0.29, 0.717) is 17.3 Å². The van der Waals surface area contributed by atoms with Crippen molar-refractivity contribution in [3.05, 3.63) is 33.8 Å². The summed E-state index contributed by atoms with van der Waals surface area (Å²) in [7, 11) is 0. The number of aliphatic hydroxyl groups excluding tert-OH is 1. The van der Waals surface area contributed by atoms with Gasteiger partial charge in [0.05, 0.1) is 11.7 Å². The van der Waals surface area contributed by atoms with Gasteiger partial charge in [0.25, 0.3) is 0 Å². The Labute approximate surface area is 109 Å². The molecule has 0 aliphatic rings. The Kier molecular flexibility index (Phi) is 4.67. The molecule has 0 fully saturated rings. The fourth-order valence-corrected chi connectivity index (χ4v) is 1.99. The van der Waals surface area contributed by atoms with Crippen LogP contribution < -0.4 is 0 Å². The van der Waals surface area contributed by atoms with Gasteiger partial charge in [0, 0.05) is 4.47 Å². The van der Waals surface area contributed by atoms with E-state index in [4.69, 9.17) is 0 Å². The van der Waals surface area contributed by atoms with E-state index in [2.05, 4.69) is 15.9 Å². The Morgan fingerprint density at radius 3 is 2.12 bits per heavy atom. The van der Waals surface area contributed by atoms with E-state index in [1.165, 1.54) is 12.1 Å². The molecule has 0 saturated heterocycles. The van der Waals surface area contributed by atoms with Crippen molar-refractivity contribution in [2.24, 2.45) is 5.41 Å². The maximum Gasteiger partial charge on any atom is 0.133 e. The van der Waals surface area contributed by atoms with Crippen LogP contribution in [0.5, 0.6) is 0 Å². The molecule has 0 heterocycles. The molecule has 1 nitrogen and oxygen atoms in total. The van der Waals surface area contributed by atoms with Gasteiger partial charge in [-0.05, 0) is 30.4 Å². The molecule has 17 heavy (non-hydrogen) atoms. The van der Waals surface area contributed by atoms with E-state index in [-0.39, 0.29) is 11.0 Å². The summed E-state index contributed by atoms with van der Waals surface area (Å²) >= 11 is 3.01. The molecular formula is C13H17BrF2O. The smallest absolute Gasteiger partial charge is 0.133 e. The summed E-state index contributed by atoms with van der Waals surface area (Å²) in [5.41, 5.74) is -0.207. The van der Waals surface area contributed by atoms with Crippen LogP contribution in [0.15, 0.2) is 16.6 Å². The average molecular weight is 307 g/mol. The summed E-state index contributed by atoms with van der Waals surface area (Å²) in [6.45, 7) is 6.07. The third-order valence-corrected chi connectivity index (χ3v) is 3.00. The second-order valence-electron chi connectivity index (χ2n) is 5.40. The van der Waals surface area contributed by atoms with Crippen molar-refractivity contribution in [2.75, 3.05) is 0 Å². The minimum absolute atomic E-state index is 0.0310. The highest BCUT2D eigenvalue weighted by Gasteiger charge is 2.21. The first-order valence-electron chi connectivity index (χ1n) is 5.53. The predicted molar refractivity (Wildman–Crippen MR) is 67.7 cm³/mol. The molecule has 0 bridgehead atoms. The molecule has 0 amide bonds. The van der Waals surface area contributed by atoms with Gasteiger partial charge in [-0.15, -0.1) is 0 Å². The minimum Gasteiger partial charge on any atom is -0.388 e. The molecule has 0 radical (unpaired) electrons. The van der Waals surface area contributed by atoms with Crippen molar-refractivity contribution in [2.45, 2.75) is 39.7 Å². The topological polar surface area (TPSA) is 20.2 Å². The predicted octanol–water partition coefficient (Wildman–Crippen LogP) is 4.59. The van der Waals surface area contributed by atoms with Gasteiger partial charge in [-0.25, -0.2) is 8.78 Å². The van der Waals surface area contributed by atoms with Crippen molar-refractivity contribution >= 4 is 15.9 Å². The molecular weight excluding hydrogens is 290 g/mol. The number of hydrogen-bond acceptors (Lipinski definition) is 1. The lowest BCUT2D eigenvalue weighted by Crippen LogP contribution is -2.10. The summed E-state index contributed by atoms with van der Waals surface area (Å²) in [5.74, 6) is -1.42. The zero-order valence-electron chi connectivity index (χ0n) is 10.2. The van der Waals surface area contributed by atoms with E-state index < -0.39 is 17.7 Å². The summed E-state index contributed by atoms with van der Waals surface area (Å²) in [5, 5.41) is 9.84. The molecule has 1 N–H and O–H groups in total. The molecule has 4 heteroatoms. The van der Waals surface area contributed by atoms with Gasteiger partial charge in [-0.1, -0.05) is 36.7 Å². The Morgan fingerprint density at radius 2 is 1.71 bits per heavy atom. The number of hydrogen-bond donors (Lipinski definition) is 1. The number of rotatable bonds is 3. The van der Waals surface area contributed by atoms with Gasteiger partial charge < -0.3 is 5.11 Å². The van der Waals surface area contributed by atoms with Crippen LogP contribution in [0.4, 0.5) is 8.78 Å². The summed E-state index contributed by atoms with van der Waals surface area (Å²) in [6.07, 6.45) is -0.0513. The van der Waals surface area contributed by atoms with Crippen molar-refractivity contribution in [3.63, 3.8) is 0 Å². The molecule has 0 saturated carbocycles. The average Bonchev–Trinajstić information content (AvgIpc) is 2.11. The maximum absolute atomic E-state index is 13.6. The lowest BCUT2D eigenvalue weighted by molar-refractivity contribution is 0.139. The van der Waals surface area contributed by atoms with Gasteiger partial charge in [-0.3, -0.25) is 0 Å². The van der Waals surface area contributed by atoms with E-state index in [1.54, 1.807) is 0 Å². The molecule has 0 aromatic heterocycles. The third-order valence-electron chi connectivity index (χ3n) is 2.54. The highest BCUT2D eigenvalue weighted by atomic mass is 79.9. The fraction of sp³-hybridized carbons (Fsp3) is 0.538. The first kappa shape index (κ1) is 14.6. The SMILES string of the molecule is CC(C)(C)CCC(O)c1c(F)cc(Br)cc1F. The third kappa shape index (κ3) is 4.36. The van der Waals surface area contributed by atoms with Gasteiger partial charge in [-0.2, -0.15) is 0 Å². The van der Waals surface area contributed by atoms with Crippen LogP contribution in [-0.2, 0) is 0 Å². The van der Waals surface area contributed by atoms with Crippen LogP contribution in [0, 0.1) is 17.0 Å². The molecule has 0 aliphatic heterocycles. The van der Waals surface area contributed by atoms with Gasteiger partial charge in [0.15, 0.2) is 0 Å².